The smallest absolute Gasteiger partial charge is 0.244 e. The molecule has 1 heterocycles. The van der Waals surface area contributed by atoms with Crippen LogP contribution in [0.3, 0.4) is 0 Å². The topological polar surface area (TPSA) is 81.9 Å². The lowest BCUT2D eigenvalue weighted by Gasteiger charge is -2.20. The van der Waals surface area contributed by atoms with Gasteiger partial charge in [-0.05, 0) is 40.6 Å². The molecule has 0 bridgehead atoms. The van der Waals surface area contributed by atoms with Crippen molar-refractivity contribution in [1.82, 2.24) is 25.5 Å². The van der Waals surface area contributed by atoms with Gasteiger partial charge in [-0.15, -0.1) is 10.2 Å². The number of ether oxygens (including phenoxy) is 1. The molecule has 4 aromatic rings. The molecule has 31 heavy (non-hydrogen) atoms. The van der Waals surface area contributed by atoms with Crippen molar-refractivity contribution in [2.24, 2.45) is 0 Å². The number of tetrazole rings is 1. The van der Waals surface area contributed by atoms with Crippen LogP contribution in [-0.2, 0) is 11.3 Å². The Balaban J connectivity index is 1.52. The summed E-state index contributed by atoms with van der Waals surface area (Å²) in [5.74, 6) is 0.990. The van der Waals surface area contributed by atoms with E-state index in [0.717, 1.165) is 26.9 Å². The van der Waals surface area contributed by atoms with Crippen LogP contribution in [0, 0.1) is 0 Å². The van der Waals surface area contributed by atoms with Gasteiger partial charge in [0.15, 0.2) is 0 Å². The van der Waals surface area contributed by atoms with Crippen molar-refractivity contribution >= 4 is 21.8 Å². The van der Waals surface area contributed by atoms with Crippen molar-refractivity contribution in [1.29, 1.82) is 0 Å². The summed E-state index contributed by atoms with van der Waals surface area (Å²) in [6.45, 7) is -0.0447. The maximum Gasteiger partial charge on any atom is 0.244 e. The van der Waals surface area contributed by atoms with Crippen LogP contribution in [0.15, 0.2) is 83.3 Å². The quantitative estimate of drug-likeness (QED) is 0.434. The fourth-order valence-electron chi connectivity index (χ4n) is 3.20. The average Bonchev–Trinajstić information content (AvgIpc) is 3.26. The number of carbonyl (C=O) groups is 1. The van der Waals surface area contributed by atoms with Gasteiger partial charge in [-0.1, -0.05) is 70.5 Å². The van der Waals surface area contributed by atoms with Gasteiger partial charge in [-0.3, -0.25) is 4.79 Å². The normalized spacial score (nSPS) is 11.7. The summed E-state index contributed by atoms with van der Waals surface area (Å²) in [6, 6.07) is 24.7. The van der Waals surface area contributed by atoms with Gasteiger partial charge in [0.25, 0.3) is 0 Å². The summed E-state index contributed by atoms with van der Waals surface area (Å²) in [6.07, 6.45) is 0. The van der Waals surface area contributed by atoms with Crippen LogP contribution in [-0.4, -0.2) is 33.2 Å². The molecule has 3 aromatic carbocycles. The number of methoxy groups -OCH3 is 1. The standard InChI is InChI=1S/C23H20BrN5O2/c1-31-18-13-11-17(12-14-18)22(16-7-3-2-4-8-16)25-21(30)15-29-27-23(26-28-29)19-9-5-6-10-20(19)24/h2-14,22H,15H2,1H3,(H,25,30)/t22-/m0/s1. The molecule has 0 aliphatic carbocycles. The number of hydrogen-bond acceptors (Lipinski definition) is 5. The second-order valence-electron chi connectivity index (χ2n) is 6.81. The first-order valence-electron chi connectivity index (χ1n) is 9.65. The number of amides is 1. The molecule has 0 aliphatic rings. The molecule has 0 fully saturated rings. The number of carbonyl (C=O) groups excluding carboxylic acids is 1. The third kappa shape index (κ3) is 4.97. The van der Waals surface area contributed by atoms with E-state index < -0.39 is 0 Å². The third-order valence-corrected chi connectivity index (χ3v) is 5.43. The molecular formula is C23H20BrN5O2. The largest absolute Gasteiger partial charge is 0.497 e. The molecule has 0 unspecified atom stereocenters. The second kappa shape index (κ2) is 9.53. The zero-order valence-corrected chi connectivity index (χ0v) is 18.4. The Morgan fingerprint density at radius 3 is 2.39 bits per heavy atom. The Hall–Kier alpha value is -3.52. The molecule has 1 N–H and O–H groups in total. The van der Waals surface area contributed by atoms with E-state index in [9.17, 15) is 4.79 Å². The zero-order chi connectivity index (χ0) is 21.6. The van der Waals surface area contributed by atoms with E-state index in [-0.39, 0.29) is 18.5 Å². The lowest BCUT2D eigenvalue weighted by molar-refractivity contribution is -0.122. The molecule has 7 nitrogen and oxygen atoms in total. The van der Waals surface area contributed by atoms with Crippen LogP contribution in [0.25, 0.3) is 11.4 Å². The minimum absolute atomic E-state index is 0.0447. The first-order valence-corrected chi connectivity index (χ1v) is 10.4. The van der Waals surface area contributed by atoms with E-state index in [2.05, 4.69) is 36.7 Å². The van der Waals surface area contributed by atoms with Gasteiger partial charge in [0.2, 0.25) is 11.7 Å². The predicted octanol–water partition coefficient (Wildman–Crippen LogP) is 4.02. The lowest BCUT2D eigenvalue weighted by Crippen LogP contribution is -2.32. The molecule has 8 heteroatoms. The van der Waals surface area contributed by atoms with Crippen molar-refractivity contribution in [2.45, 2.75) is 12.6 Å². The number of nitrogens with zero attached hydrogens (tertiary/aromatic N) is 4. The number of hydrogen-bond donors (Lipinski definition) is 1. The van der Waals surface area contributed by atoms with Crippen LogP contribution in [0.5, 0.6) is 5.75 Å². The SMILES string of the molecule is COc1ccc([C@@H](NC(=O)Cn2nnc(-c3ccccc3Br)n2)c2ccccc2)cc1. The second-order valence-corrected chi connectivity index (χ2v) is 7.66. The van der Waals surface area contributed by atoms with Gasteiger partial charge in [-0.2, -0.15) is 4.80 Å². The van der Waals surface area contributed by atoms with Crippen molar-refractivity contribution < 1.29 is 9.53 Å². The van der Waals surface area contributed by atoms with E-state index in [1.807, 2.05) is 78.9 Å². The van der Waals surface area contributed by atoms with E-state index in [1.54, 1.807) is 7.11 Å². The van der Waals surface area contributed by atoms with Gasteiger partial charge in [0, 0.05) is 10.0 Å². The first-order chi connectivity index (χ1) is 15.1. The molecule has 0 saturated heterocycles. The lowest BCUT2D eigenvalue weighted by atomic mass is 9.98. The van der Waals surface area contributed by atoms with Crippen LogP contribution >= 0.6 is 15.9 Å². The van der Waals surface area contributed by atoms with Gasteiger partial charge >= 0.3 is 0 Å². The predicted molar refractivity (Wildman–Crippen MR) is 120 cm³/mol. The molecule has 156 valence electrons. The monoisotopic (exact) mass is 477 g/mol. The van der Waals surface area contributed by atoms with E-state index in [1.165, 1.54) is 4.80 Å². The summed E-state index contributed by atoms with van der Waals surface area (Å²) < 4.78 is 6.11. The molecule has 1 amide bonds. The number of benzene rings is 3. The Morgan fingerprint density at radius 1 is 1.00 bits per heavy atom. The van der Waals surface area contributed by atoms with Crippen molar-refractivity contribution in [3.63, 3.8) is 0 Å². The highest BCUT2D eigenvalue weighted by molar-refractivity contribution is 9.10. The van der Waals surface area contributed by atoms with E-state index in [0.29, 0.717) is 5.82 Å². The third-order valence-electron chi connectivity index (χ3n) is 4.74. The van der Waals surface area contributed by atoms with Crippen LogP contribution < -0.4 is 10.1 Å². The summed E-state index contributed by atoms with van der Waals surface area (Å²) >= 11 is 3.48. The molecular weight excluding hydrogens is 458 g/mol. The van der Waals surface area contributed by atoms with Gasteiger partial charge in [-0.25, -0.2) is 0 Å². The fourth-order valence-corrected chi connectivity index (χ4v) is 3.66. The molecule has 0 spiro atoms. The van der Waals surface area contributed by atoms with Crippen molar-refractivity contribution in [2.75, 3.05) is 7.11 Å². The van der Waals surface area contributed by atoms with Gasteiger partial charge in [0.1, 0.15) is 12.3 Å². The van der Waals surface area contributed by atoms with Crippen LogP contribution in [0.1, 0.15) is 17.2 Å². The highest BCUT2D eigenvalue weighted by Crippen LogP contribution is 2.25. The molecule has 1 atom stereocenters. The fraction of sp³-hybridized carbons (Fsp3) is 0.130. The first kappa shape index (κ1) is 20.7. The van der Waals surface area contributed by atoms with Crippen molar-refractivity contribution in [3.8, 4) is 17.1 Å². The Bertz CT molecular complexity index is 1160. The Kier molecular flexibility index (Phi) is 6.37. The molecule has 0 saturated carbocycles. The van der Waals surface area contributed by atoms with E-state index >= 15 is 0 Å². The summed E-state index contributed by atoms with van der Waals surface area (Å²) in [7, 11) is 1.62. The molecule has 4 rings (SSSR count). The summed E-state index contributed by atoms with van der Waals surface area (Å²) in [5, 5.41) is 15.5. The number of halogens is 1. The molecule has 0 aliphatic heterocycles. The van der Waals surface area contributed by atoms with Crippen LogP contribution in [0.2, 0.25) is 0 Å². The minimum Gasteiger partial charge on any atom is -0.497 e. The Labute approximate surface area is 188 Å². The summed E-state index contributed by atoms with van der Waals surface area (Å²) in [4.78, 5) is 14.1. The maximum atomic E-state index is 12.8. The molecule has 0 radical (unpaired) electrons. The zero-order valence-electron chi connectivity index (χ0n) is 16.8. The number of aromatic nitrogens is 4. The number of rotatable bonds is 7. The highest BCUT2D eigenvalue weighted by Gasteiger charge is 2.18. The Morgan fingerprint density at radius 2 is 1.68 bits per heavy atom. The van der Waals surface area contributed by atoms with Gasteiger partial charge < -0.3 is 10.1 Å². The van der Waals surface area contributed by atoms with Crippen LogP contribution in [0.4, 0.5) is 0 Å². The van der Waals surface area contributed by atoms with Gasteiger partial charge in [0.05, 0.1) is 13.2 Å². The van der Waals surface area contributed by atoms with E-state index in [4.69, 9.17) is 4.74 Å². The average molecular weight is 478 g/mol. The maximum absolute atomic E-state index is 12.8. The summed E-state index contributed by atoms with van der Waals surface area (Å²) in [5.41, 5.74) is 2.73. The molecule has 1 aromatic heterocycles. The highest BCUT2D eigenvalue weighted by atomic mass is 79.9. The van der Waals surface area contributed by atoms with Crippen molar-refractivity contribution in [3.05, 3.63) is 94.5 Å². The minimum atomic E-state index is -0.314. The number of nitrogens with one attached hydrogen (secondary N) is 1.